The third-order valence-corrected chi connectivity index (χ3v) is 5.80. The molecular formula is C26H35N5O2. The Morgan fingerprint density at radius 2 is 1.94 bits per heavy atom. The van der Waals surface area contributed by atoms with Gasteiger partial charge in [0.05, 0.1) is 18.3 Å². The monoisotopic (exact) mass is 449 g/mol. The zero-order chi connectivity index (χ0) is 23.8. The van der Waals surface area contributed by atoms with E-state index in [2.05, 4.69) is 54.3 Å². The summed E-state index contributed by atoms with van der Waals surface area (Å²) in [6, 6.07) is 11.5. The van der Waals surface area contributed by atoms with Crippen LogP contribution < -0.4 is 15.4 Å². The molecule has 0 saturated carbocycles. The quantitative estimate of drug-likeness (QED) is 0.403. The van der Waals surface area contributed by atoms with Crippen molar-refractivity contribution in [1.82, 2.24) is 20.2 Å². The number of methoxy groups -OCH3 is 1. The molecular weight excluding hydrogens is 414 g/mol. The van der Waals surface area contributed by atoms with Gasteiger partial charge >= 0.3 is 0 Å². The van der Waals surface area contributed by atoms with Gasteiger partial charge in [0.2, 0.25) is 5.95 Å². The maximum atomic E-state index is 12.7. The van der Waals surface area contributed by atoms with E-state index in [1.807, 2.05) is 18.3 Å². The molecule has 0 aliphatic rings. The highest BCUT2D eigenvalue weighted by Crippen LogP contribution is 2.29. The van der Waals surface area contributed by atoms with Crippen molar-refractivity contribution in [1.29, 1.82) is 0 Å². The summed E-state index contributed by atoms with van der Waals surface area (Å²) in [6.45, 7) is 12.2. The van der Waals surface area contributed by atoms with Crippen LogP contribution in [0.2, 0.25) is 0 Å². The highest BCUT2D eigenvalue weighted by atomic mass is 16.5. The molecule has 2 aromatic carbocycles. The zero-order valence-corrected chi connectivity index (χ0v) is 20.3. The Morgan fingerprint density at radius 1 is 1.15 bits per heavy atom. The number of rotatable bonds is 11. The summed E-state index contributed by atoms with van der Waals surface area (Å²) in [4.78, 5) is 24.3. The van der Waals surface area contributed by atoms with Crippen molar-refractivity contribution in [2.45, 2.75) is 40.0 Å². The highest BCUT2D eigenvalue weighted by molar-refractivity contribution is 5.95. The van der Waals surface area contributed by atoms with Gasteiger partial charge in [0.1, 0.15) is 5.75 Å². The lowest BCUT2D eigenvalue weighted by atomic mass is 10.0. The van der Waals surface area contributed by atoms with Gasteiger partial charge in [0.15, 0.2) is 0 Å². The molecule has 7 heteroatoms. The molecule has 0 unspecified atom stereocenters. The van der Waals surface area contributed by atoms with Gasteiger partial charge in [-0.3, -0.25) is 4.79 Å². The minimum Gasteiger partial charge on any atom is -0.495 e. The van der Waals surface area contributed by atoms with Gasteiger partial charge in [-0.25, -0.2) is 9.97 Å². The van der Waals surface area contributed by atoms with E-state index in [1.54, 1.807) is 25.3 Å². The third kappa shape index (κ3) is 6.20. The predicted octanol–water partition coefficient (Wildman–Crippen LogP) is 4.97. The molecule has 3 rings (SSSR count). The van der Waals surface area contributed by atoms with Crippen molar-refractivity contribution >= 4 is 28.4 Å². The summed E-state index contributed by atoms with van der Waals surface area (Å²) >= 11 is 0. The molecule has 2 N–H and O–H groups in total. The van der Waals surface area contributed by atoms with Crippen LogP contribution in [0, 0.1) is 0 Å². The summed E-state index contributed by atoms with van der Waals surface area (Å²) in [5.74, 6) is 1.32. The Morgan fingerprint density at radius 3 is 2.64 bits per heavy atom. The number of hydrogen-bond donors (Lipinski definition) is 2. The van der Waals surface area contributed by atoms with Crippen molar-refractivity contribution < 1.29 is 9.53 Å². The molecule has 1 aromatic heterocycles. The molecule has 0 aliphatic heterocycles. The predicted molar refractivity (Wildman–Crippen MR) is 135 cm³/mol. The van der Waals surface area contributed by atoms with Crippen LogP contribution >= 0.6 is 0 Å². The van der Waals surface area contributed by atoms with Crippen molar-refractivity contribution in [2.24, 2.45) is 0 Å². The van der Waals surface area contributed by atoms with Gasteiger partial charge in [0, 0.05) is 23.7 Å². The van der Waals surface area contributed by atoms with E-state index in [9.17, 15) is 4.79 Å². The SMILES string of the molecule is CCN(CC)CCCNC(=O)c1ccc(OC)c(Nc2ncc3cccc(C(C)C)c3n2)c1. The molecule has 0 spiro atoms. The van der Waals surface area contributed by atoms with E-state index in [1.165, 1.54) is 5.56 Å². The lowest BCUT2D eigenvalue weighted by Gasteiger charge is -2.17. The van der Waals surface area contributed by atoms with E-state index in [-0.39, 0.29) is 5.91 Å². The Bertz CT molecular complexity index is 1080. The minimum absolute atomic E-state index is 0.109. The second kappa shape index (κ2) is 11.6. The molecule has 0 radical (unpaired) electrons. The van der Waals surface area contributed by atoms with Gasteiger partial charge < -0.3 is 20.3 Å². The number of nitrogens with one attached hydrogen (secondary N) is 2. The Hall–Kier alpha value is -3.19. The highest BCUT2D eigenvalue weighted by Gasteiger charge is 2.13. The van der Waals surface area contributed by atoms with Gasteiger partial charge in [-0.1, -0.05) is 45.9 Å². The smallest absolute Gasteiger partial charge is 0.251 e. The molecule has 0 fully saturated rings. The molecule has 0 saturated heterocycles. The maximum absolute atomic E-state index is 12.7. The number of nitrogens with zero attached hydrogens (tertiary/aromatic N) is 3. The molecule has 33 heavy (non-hydrogen) atoms. The molecule has 176 valence electrons. The summed E-state index contributed by atoms with van der Waals surface area (Å²) in [5, 5.41) is 7.25. The van der Waals surface area contributed by atoms with Gasteiger partial charge in [0.25, 0.3) is 5.91 Å². The first kappa shape index (κ1) is 24.5. The average Bonchev–Trinajstić information content (AvgIpc) is 2.83. The molecule has 7 nitrogen and oxygen atoms in total. The second-order valence-corrected chi connectivity index (χ2v) is 8.31. The first-order valence-corrected chi connectivity index (χ1v) is 11.7. The van der Waals surface area contributed by atoms with Crippen LogP contribution in [0.25, 0.3) is 10.9 Å². The number of benzene rings is 2. The second-order valence-electron chi connectivity index (χ2n) is 8.31. The third-order valence-electron chi connectivity index (χ3n) is 5.80. The van der Waals surface area contributed by atoms with Gasteiger partial charge in [-0.05, 0) is 55.7 Å². The van der Waals surface area contributed by atoms with Crippen LogP contribution in [0.4, 0.5) is 11.6 Å². The van der Waals surface area contributed by atoms with Crippen LogP contribution in [0.15, 0.2) is 42.6 Å². The van der Waals surface area contributed by atoms with Crippen LogP contribution in [0.5, 0.6) is 5.75 Å². The average molecular weight is 450 g/mol. The Kier molecular flexibility index (Phi) is 8.60. The number of para-hydroxylation sites is 1. The topological polar surface area (TPSA) is 79.4 Å². The zero-order valence-electron chi connectivity index (χ0n) is 20.3. The number of ether oxygens (including phenoxy) is 1. The number of carbonyl (C=O) groups excluding carboxylic acids is 1. The van der Waals surface area contributed by atoms with Crippen molar-refractivity contribution in [3.05, 3.63) is 53.7 Å². The summed E-state index contributed by atoms with van der Waals surface area (Å²) in [6.07, 6.45) is 2.73. The molecule has 0 atom stereocenters. The summed E-state index contributed by atoms with van der Waals surface area (Å²) in [5.41, 5.74) is 3.30. The maximum Gasteiger partial charge on any atom is 0.251 e. The van der Waals surface area contributed by atoms with Crippen molar-refractivity contribution in [2.75, 3.05) is 38.6 Å². The Labute approximate surface area is 196 Å². The lowest BCUT2D eigenvalue weighted by Crippen LogP contribution is -2.29. The van der Waals surface area contributed by atoms with Crippen LogP contribution in [-0.2, 0) is 0 Å². The van der Waals surface area contributed by atoms with Crippen molar-refractivity contribution in [3.8, 4) is 5.75 Å². The molecule has 1 heterocycles. The van der Waals surface area contributed by atoms with Gasteiger partial charge in [-0.15, -0.1) is 0 Å². The van der Waals surface area contributed by atoms with E-state index in [4.69, 9.17) is 9.72 Å². The standard InChI is InChI=1S/C26H35N5O2/c1-6-31(7-2)15-9-14-27-25(32)19-12-13-23(33-5)22(16-19)29-26-28-17-20-10-8-11-21(18(3)4)24(20)30-26/h8,10-13,16-18H,6-7,9,14-15H2,1-5H3,(H,27,32)(H,28,29,30). The number of aromatic nitrogens is 2. The fraction of sp³-hybridized carbons (Fsp3) is 0.423. The first-order valence-electron chi connectivity index (χ1n) is 11.7. The minimum atomic E-state index is -0.109. The Balaban J connectivity index is 1.76. The summed E-state index contributed by atoms with van der Waals surface area (Å²) < 4.78 is 5.50. The van der Waals surface area contributed by atoms with Crippen LogP contribution in [0.3, 0.4) is 0 Å². The fourth-order valence-corrected chi connectivity index (χ4v) is 3.82. The fourth-order valence-electron chi connectivity index (χ4n) is 3.82. The van der Waals surface area contributed by atoms with Crippen molar-refractivity contribution in [3.63, 3.8) is 0 Å². The largest absolute Gasteiger partial charge is 0.495 e. The molecule has 1 amide bonds. The summed E-state index contributed by atoms with van der Waals surface area (Å²) in [7, 11) is 1.60. The normalized spacial score (nSPS) is 11.2. The number of amides is 1. The lowest BCUT2D eigenvalue weighted by molar-refractivity contribution is 0.0952. The van der Waals surface area contributed by atoms with E-state index in [0.29, 0.717) is 35.4 Å². The first-order chi connectivity index (χ1) is 16.0. The van der Waals surface area contributed by atoms with E-state index in [0.717, 1.165) is 37.0 Å². The molecule has 0 bridgehead atoms. The van der Waals surface area contributed by atoms with E-state index >= 15 is 0 Å². The molecule has 3 aromatic rings. The number of hydrogen-bond acceptors (Lipinski definition) is 6. The molecule has 0 aliphatic carbocycles. The van der Waals surface area contributed by atoms with E-state index < -0.39 is 0 Å². The van der Waals surface area contributed by atoms with Gasteiger partial charge in [-0.2, -0.15) is 0 Å². The number of anilines is 2. The number of fused-ring (bicyclic) bond motifs is 1. The van der Waals surface area contributed by atoms with Crippen LogP contribution in [-0.4, -0.2) is 54.1 Å². The van der Waals surface area contributed by atoms with Crippen LogP contribution in [0.1, 0.15) is 56.0 Å². The number of carbonyl (C=O) groups is 1.